The molecular formula is C22H26N2O3S. The maximum absolute atomic E-state index is 12.6. The summed E-state index contributed by atoms with van der Waals surface area (Å²) in [5, 5.41) is 2.87. The maximum Gasteiger partial charge on any atom is 0.333 e. The van der Waals surface area contributed by atoms with E-state index < -0.39 is 16.1 Å². The van der Waals surface area contributed by atoms with Gasteiger partial charge in [0, 0.05) is 5.69 Å². The van der Waals surface area contributed by atoms with Crippen LogP contribution in [0.3, 0.4) is 0 Å². The Morgan fingerprint density at radius 2 is 1.57 bits per heavy atom. The molecule has 0 aliphatic heterocycles. The van der Waals surface area contributed by atoms with Crippen LogP contribution in [0.2, 0.25) is 0 Å². The molecular weight excluding hydrogens is 372 g/mol. The Kier molecular flexibility index (Phi) is 5.15. The highest BCUT2D eigenvalue weighted by molar-refractivity contribution is 7.90. The van der Waals surface area contributed by atoms with Gasteiger partial charge < -0.3 is 5.32 Å². The van der Waals surface area contributed by atoms with Crippen molar-refractivity contribution >= 4 is 21.7 Å². The second-order valence-electron chi connectivity index (χ2n) is 7.69. The van der Waals surface area contributed by atoms with Gasteiger partial charge >= 0.3 is 6.03 Å². The first-order chi connectivity index (χ1) is 13.5. The molecule has 0 radical (unpaired) electrons. The molecule has 2 N–H and O–H groups in total. The SMILES string of the molecule is CCCc1ccc(S(=O)(=O)NC(=O)Nc2c3c(cc4c2CCC4)CCC3)cc1. The fourth-order valence-electron chi connectivity index (χ4n) is 4.41. The van der Waals surface area contributed by atoms with Crippen molar-refractivity contribution in [3.8, 4) is 0 Å². The molecule has 0 unspecified atom stereocenters. The van der Waals surface area contributed by atoms with Crippen molar-refractivity contribution in [1.29, 1.82) is 0 Å². The number of fused-ring (bicyclic) bond motifs is 2. The van der Waals surface area contributed by atoms with Crippen molar-refractivity contribution in [1.82, 2.24) is 4.72 Å². The van der Waals surface area contributed by atoms with Crippen LogP contribution in [0.1, 0.15) is 54.0 Å². The first-order valence-corrected chi connectivity index (χ1v) is 11.6. The number of amides is 2. The summed E-state index contributed by atoms with van der Waals surface area (Å²) in [6, 6.07) is 8.30. The number of carbonyl (C=O) groups excluding carboxylic acids is 1. The lowest BCUT2D eigenvalue weighted by Crippen LogP contribution is -2.35. The van der Waals surface area contributed by atoms with Crippen LogP contribution >= 0.6 is 0 Å². The van der Waals surface area contributed by atoms with E-state index >= 15 is 0 Å². The standard InChI is InChI=1S/C22H26N2O3S/c1-2-5-15-10-12-18(13-11-15)28(26,27)24-22(25)23-21-19-8-3-6-16(19)14-17-7-4-9-20(17)21/h10-14H,2-9H2,1H3,(H2,23,24,25). The molecule has 0 fully saturated rings. The number of benzene rings is 2. The van der Waals surface area contributed by atoms with E-state index in [9.17, 15) is 13.2 Å². The van der Waals surface area contributed by atoms with E-state index in [1.165, 1.54) is 22.3 Å². The first-order valence-electron chi connectivity index (χ1n) is 10.1. The normalized spacial score (nSPS) is 15.2. The molecule has 2 aliphatic carbocycles. The van der Waals surface area contributed by atoms with E-state index in [2.05, 4.69) is 23.0 Å². The van der Waals surface area contributed by atoms with Gasteiger partial charge in [0.15, 0.2) is 0 Å². The fourth-order valence-corrected chi connectivity index (χ4v) is 5.32. The van der Waals surface area contributed by atoms with Gasteiger partial charge in [0.2, 0.25) is 0 Å². The zero-order valence-corrected chi connectivity index (χ0v) is 17.0. The highest BCUT2D eigenvalue weighted by atomic mass is 32.2. The highest BCUT2D eigenvalue weighted by Gasteiger charge is 2.26. The Morgan fingerprint density at radius 3 is 2.14 bits per heavy atom. The van der Waals surface area contributed by atoms with E-state index in [1.807, 2.05) is 0 Å². The van der Waals surface area contributed by atoms with Crippen LogP contribution in [0, 0.1) is 0 Å². The zero-order valence-electron chi connectivity index (χ0n) is 16.2. The number of rotatable bonds is 5. The van der Waals surface area contributed by atoms with Gasteiger partial charge in [-0.05, 0) is 84.9 Å². The zero-order chi connectivity index (χ0) is 19.7. The first kappa shape index (κ1) is 19.0. The second-order valence-corrected chi connectivity index (χ2v) is 9.37. The predicted octanol–water partition coefficient (Wildman–Crippen LogP) is 4.13. The largest absolute Gasteiger partial charge is 0.333 e. The van der Waals surface area contributed by atoms with Crippen LogP contribution in [-0.2, 0) is 42.1 Å². The number of urea groups is 1. The number of nitrogens with one attached hydrogen (secondary N) is 2. The molecule has 0 saturated carbocycles. The third-order valence-electron chi connectivity index (χ3n) is 5.71. The molecule has 6 heteroatoms. The molecule has 2 aromatic carbocycles. The topological polar surface area (TPSA) is 75.3 Å². The summed E-state index contributed by atoms with van der Waals surface area (Å²) >= 11 is 0. The van der Waals surface area contributed by atoms with Crippen molar-refractivity contribution in [3.05, 3.63) is 58.1 Å². The van der Waals surface area contributed by atoms with E-state index in [0.29, 0.717) is 0 Å². The summed E-state index contributed by atoms with van der Waals surface area (Å²) in [6.07, 6.45) is 7.99. The minimum Gasteiger partial charge on any atom is -0.307 e. The highest BCUT2D eigenvalue weighted by Crippen LogP contribution is 2.38. The van der Waals surface area contributed by atoms with Gasteiger partial charge in [-0.3, -0.25) is 0 Å². The van der Waals surface area contributed by atoms with Gasteiger partial charge in [-0.25, -0.2) is 17.9 Å². The van der Waals surface area contributed by atoms with E-state index in [-0.39, 0.29) is 4.90 Å². The molecule has 2 aromatic rings. The molecule has 148 valence electrons. The predicted molar refractivity (Wildman–Crippen MR) is 110 cm³/mol. The van der Waals surface area contributed by atoms with Crippen LogP contribution in [0.5, 0.6) is 0 Å². The lowest BCUT2D eigenvalue weighted by Gasteiger charge is -2.16. The van der Waals surface area contributed by atoms with Crippen LogP contribution in [0.15, 0.2) is 35.2 Å². The fraction of sp³-hybridized carbons (Fsp3) is 0.409. The van der Waals surface area contributed by atoms with Crippen molar-refractivity contribution in [2.24, 2.45) is 0 Å². The lowest BCUT2D eigenvalue weighted by molar-refractivity contribution is 0.256. The van der Waals surface area contributed by atoms with Gasteiger partial charge in [-0.15, -0.1) is 0 Å². The molecule has 0 spiro atoms. The molecule has 0 saturated heterocycles. The minimum atomic E-state index is -3.90. The smallest absolute Gasteiger partial charge is 0.307 e. The molecule has 28 heavy (non-hydrogen) atoms. The average Bonchev–Trinajstić information content (AvgIpc) is 3.31. The summed E-state index contributed by atoms with van der Waals surface area (Å²) in [5.74, 6) is 0. The third kappa shape index (κ3) is 3.65. The van der Waals surface area contributed by atoms with E-state index in [4.69, 9.17) is 0 Å². The van der Waals surface area contributed by atoms with Crippen molar-refractivity contribution in [2.45, 2.75) is 63.2 Å². The monoisotopic (exact) mass is 398 g/mol. The van der Waals surface area contributed by atoms with Gasteiger partial charge in [0.1, 0.15) is 0 Å². The number of aryl methyl sites for hydroxylation is 3. The molecule has 0 aromatic heterocycles. The van der Waals surface area contributed by atoms with Crippen LogP contribution in [0.4, 0.5) is 10.5 Å². The molecule has 0 bridgehead atoms. The van der Waals surface area contributed by atoms with Gasteiger partial charge in [0.05, 0.1) is 4.90 Å². The van der Waals surface area contributed by atoms with Gasteiger partial charge in [0.25, 0.3) is 10.0 Å². The molecule has 0 atom stereocenters. The summed E-state index contributed by atoms with van der Waals surface area (Å²) in [6.45, 7) is 2.08. The Hall–Kier alpha value is -2.34. The molecule has 5 nitrogen and oxygen atoms in total. The van der Waals surface area contributed by atoms with Crippen LogP contribution < -0.4 is 10.0 Å². The van der Waals surface area contributed by atoms with Crippen molar-refractivity contribution in [3.63, 3.8) is 0 Å². The van der Waals surface area contributed by atoms with E-state index in [0.717, 1.165) is 62.6 Å². The summed E-state index contributed by atoms with van der Waals surface area (Å²) in [4.78, 5) is 12.7. The summed E-state index contributed by atoms with van der Waals surface area (Å²) in [5.41, 5.74) is 6.87. The van der Waals surface area contributed by atoms with Crippen LogP contribution in [-0.4, -0.2) is 14.4 Å². The average molecular weight is 399 g/mol. The molecule has 0 heterocycles. The molecule has 2 amide bonds. The summed E-state index contributed by atoms with van der Waals surface area (Å²) in [7, 11) is -3.90. The maximum atomic E-state index is 12.6. The van der Waals surface area contributed by atoms with Crippen molar-refractivity contribution < 1.29 is 13.2 Å². The number of hydrogen-bond acceptors (Lipinski definition) is 3. The Bertz CT molecular complexity index is 979. The van der Waals surface area contributed by atoms with Gasteiger partial charge in [-0.2, -0.15) is 0 Å². The summed E-state index contributed by atoms with van der Waals surface area (Å²) < 4.78 is 27.4. The number of carbonyl (C=O) groups is 1. The molecule has 4 rings (SSSR count). The number of sulfonamides is 1. The Morgan fingerprint density at radius 1 is 0.964 bits per heavy atom. The third-order valence-corrected chi connectivity index (χ3v) is 7.06. The molecule has 2 aliphatic rings. The van der Waals surface area contributed by atoms with Gasteiger partial charge in [-0.1, -0.05) is 31.5 Å². The minimum absolute atomic E-state index is 0.103. The lowest BCUT2D eigenvalue weighted by atomic mass is 9.99. The van der Waals surface area contributed by atoms with Crippen molar-refractivity contribution in [2.75, 3.05) is 5.32 Å². The number of anilines is 1. The Labute approximate surface area is 166 Å². The van der Waals surface area contributed by atoms with E-state index in [1.54, 1.807) is 24.3 Å². The quantitative estimate of drug-likeness (QED) is 0.795. The second kappa shape index (κ2) is 7.59. The Balaban J connectivity index is 1.54. The van der Waals surface area contributed by atoms with Crippen LogP contribution in [0.25, 0.3) is 0 Å². The number of hydrogen-bond donors (Lipinski definition) is 2.